The van der Waals surface area contributed by atoms with Crippen molar-refractivity contribution >= 4 is 0 Å². The molecular formula is C12H27NO5. The lowest BCUT2D eigenvalue weighted by Gasteiger charge is -2.15. The van der Waals surface area contributed by atoms with Crippen LogP contribution in [0, 0.1) is 0 Å². The van der Waals surface area contributed by atoms with E-state index in [1.165, 1.54) is 0 Å². The fraction of sp³-hybridized carbons (Fsp3) is 1.00. The topological polar surface area (TPSA) is 58.2 Å². The molecule has 0 heterocycles. The van der Waals surface area contributed by atoms with Crippen LogP contribution < -0.4 is 5.32 Å². The third-order valence-corrected chi connectivity index (χ3v) is 2.27. The minimum absolute atomic E-state index is 0.229. The summed E-state index contributed by atoms with van der Waals surface area (Å²) in [5, 5.41) is 3.11. The number of rotatable bonds is 14. The normalized spacial score (nSPS) is 12.8. The van der Waals surface area contributed by atoms with Gasteiger partial charge in [0.1, 0.15) is 0 Å². The van der Waals surface area contributed by atoms with Crippen molar-refractivity contribution in [3.8, 4) is 0 Å². The summed E-state index contributed by atoms with van der Waals surface area (Å²) in [5.41, 5.74) is 0. The predicted octanol–water partition coefficient (Wildman–Crippen LogP) is -0.0830. The van der Waals surface area contributed by atoms with Crippen LogP contribution in [0.15, 0.2) is 0 Å². The molecule has 1 N–H and O–H groups in total. The molecule has 0 radical (unpaired) electrons. The number of likely N-dealkylation sites (N-methyl/N-ethyl adjacent to an activating group) is 1. The number of hydrogen-bond donors (Lipinski definition) is 1. The van der Waals surface area contributed by atoms with E-state index < -0.39 is 0 Å². The number of methoxy groups -OCH3 is 2. The van der Waals surface area contributed by atoms with E-state index in [2.05, 4.69) is 5.32 Å². The van der Waals surface area contributed by atoms with Crippen LogP contribution in [0.25, 0.3) is 0 Å². The first-order chi connectivity index (χ1) is 8.85. The second kappa shape index (κ2) is 14.8. The van der Waals surface area contributed by atoms with E-state index in [-0.39, 0.29) is 6.04 Å². The molecule has 0 spiro atoms. The Labute approximate surface area is 110 Å². The predicted molar refractivity (Wildman–Crippen MR) is 69.1 cm³/mol. The van der Waals surface area contributed by atoms with Gasteiger partial charge in [-0.15, -0.1) is 0 Å². The Morgan fingerprint density at radius 1 is 0.722 bits per heavy atom. The van der Waals surface area contributed by atoms with Gasteiger partial charge in [-0.25, -0.2) is 0 Å². The molecule has 18 heavy (non-hydrogen) atoms. The number of ether oxygens (including phenoxy) is 5. The summed E-state index contributed by atoms with van der Waals surface area (Å²) in [7, 11) is 5.22. The second-order valence-corrected chi connectivity index (χ2v) is 3.73. The molecule has 0 aromatic carbocycles. The Morgan fingerprint density at radius 3 is 1.78 bits per heavy atom. The van der Waals surface area contributed by atoms with Gasteiger partial charge >= 0.3 is 0 Å². The van der Waals surface area contributed by atoms with E-state index in [4.69, 9.17) is 23.7 Å². The maximum absolute atomic E-state index is 5.46. The van der Waals surface area contributed by atoms with Crippen molar-refractivity contribution in [2.75, 3.05) is 74.1 Å². The van der Waals surface area contributed by atoms with Gasteiger partial charge in [-0.1, -0.05) is 0 Å². The average molecular weight is 265 g/mol. The van der Waals surface area contributed by atoms with Crippen LogP contribution in [0.2, 0.25) is 0 Å². The van der Waals surface area contributed by atoms with Crippen molar-refractivity contribution in [1.82, 2.24) is 5.32 Å². The zero-order valence-electron chi connectivity index (χ0n) is 11.8. The van der Waals surface area contributed by atoms with Crippen molar-refractivity contribution in [3.63, 3.8) is 0 Å². The summed E-state index contributed by atoms with van der Waals surface area (Å²) in [6.45, 7) is 4.83. The van der Waals surface area contributed by atoms with E-state index in [0.29, 0.717) is 52.9 Å². The first-order valence-electron chi connectivity index (χ1n) is 6.23. The van der Waals surface area contributed by atoms with Gasteiger partial charge in [0.25, 0.3) is 0 Å². The molecule has 0 bridgehead atoms. The Morgan fingerprint density at radius 2 is 1.28 bits per heavy atom. The smallest absolute Gasteiger partial charge is 0.0701 e. The SMILES string of the molecule is CNC(COC)COCCOCCOCCOC. The number of hydrogen-bond acceptors (Lipinski definition) is 6. The minimum atomic E-state index is 0.229. The van der Waals surface area contributed by atoms with Gasteiger partial charge in [-0.2, -0.15) is 0 Å². The van der Waals surface area contributed by atoms with E-state index in [9.17, 15) is 0 Å². The quantitative estimate of drug-likeness (QED) is 0.443. The van der Waals surface area contributed by atoms with Gasteiger partial charge in [0.2, 0.25) is 0 Å². The van der Waals surface area contributed by atoms with Gasteiger partial charge in [0, 0.05) is 14.2 Å². The third kappa shape index (κ3) is 12.2. The standard InChI is InChI=1S/C12H27NO5/c1-13-12(10-15-3)11-18-9-8-17-7-6-16-5-4-14-2/h12-13H,4-11H2,1-3H3. The molecule has 110 valence electrons. The maximum Gasteiger partial charge on any atom is 0.0701 e. The van der Waals surface area contributed by atoms with E-state index in [1.54, 1.807) is 14.2 Å². The van der Waals surface area contributed by atoms with Gasteiger partial charge < -0.3 is 29.0 Å². The van der Waals surface area contributed by atoms with Crippen LogP contribution in [0.4, 0.5) is 0 Å². The molecule has 0 aromatic heterocycles. The lowest BCUT2D eigenvalue weighted by molar-refractivity contribution is -0.00232. The zero-order chi connectivity index (χ0) is 13.5. The van der Waals surface area contributed by atoms with Crippen molar-refractivity contribution in [3.05, 3.63) is 0 Å². The highest BCUT2D eigenvalue weighted by Gasteiger charge is 2.04. The number of nitrogens with one attached hydrogen (secondary N) is 1. The summed E-state index contributed by atoms with van der Waals surface area (Å²) in [4.78, 5) is 0. The first-order valence-corrected chi connectivity index (χ1v) is 6.23. The third-order valence-electron chi connectivity index (χ3n) is 2.27. The molecule has 0 saturated heterocycles. The van der Waals surface area contributed by atoms with Crippen molar-refractivity contribution in [1.29, 1.82) is 0 Å². The van der Waals surface area contributed by atoms with Crippen LogP contribution in [-0.4, -0.2) is 80.2 Å². The minimum Gasteiger partial charge on any atom is -0.383 e. The van der Waals surface area contributed by atoms with E-state index in [0.717, 1.165) is 0 Å². The lowest BCUT2D eigenvalue weighted by Crippen LogP contribution is -2.35. The molecule has 1 unspecified atom stereocenters. The fourth-order valence-electron chi connectivity index (χ4n) is 1.22. The van der Waals surface area contributed by atoms with Gasteiger partial charge in [-0.3, -0.25) is 0 Å². The van der Waals surface area contributed by atoms with Crippen LogP contribution in [0.3, 0.4) is 0 Å². The molecule has 0 saturated carbocycles. The summed E-state index contributed by atoms with van der Waals surface area (Å²) < 4.78 is 25.9. The molecular weight excluding hydrogens is 238 g/mol. The molecule has 6 nitrogen and oxygen atoms in total. The van der Waals surface area contributed by atoms with E-state index >= 15 is 0 Å². The molecule has 0 rings (SSSR count). The molecule has 0 aromatic rings. The monoisotopic (exact) mass is 265 g/mol. The summed E-state index contributed by atoms with van der Waals surface area (Å²) in [6, 6.07) is 0.229. The van der Waals surface area contributed by atoms with Crippen molar-refractivity contribution in [2.45, 2.75) is 6.04 Å². The summed E-state index contributed by atoms with van der Waals surface area (Å²) in [5.74, 6) is 0. The summed E-state index contributed by atoms with van der Waals surface area (Å²) >= 11 is 0. The van der Waals surface area contributed by atoms with Crippen molar-refractivity contribution in [2.24, 2.45) is 0 Å². The molecule has 0 aliphatic heterocycles. The molecule has 1 atom stereocenters. The Bertz CT molecular complexity index is 159. The van der Waals surface area contributed by atoms with Crippen LogP contribution in [0.1, 0.15) is 0 Å². The van der Waals surface area contributed by atoms with Gasteiger partial charge in [-0.05, 0) is 7.05 Å². The molecule has 0 aliphatic rings. The average Bonchev–Trinajstić information content (AvgIpc) is 2.39. The molecule has 0 amide bonds. The highest BCUT2D eigenvalue weighted by molar-refractivity contribution is 4.61. The molecule has 6 heteroatoms. The second-order valence-electron chi connectivity index (χ2n) is 3.73. The molecule has 0 aliphatic carbocycles. The van der Waals surface area contributed by atoms with Crippen molar-refractivity contribution < 1.29 is 23.7 Å². The Kier molecular flexibility index (Phi) is 14.6. The largest absolute Gasteiger partial charge is 0.383 e. The molecule has 0 fully saturated rings. The zero-order valence-corrected chi connectivity index (χ0v) is 11.8. The highest BCUT2D eigenvalue weighted by atomic mass is 16.6. The Hall–Kier alpha value is -0.240. The van der Waals surface area contributed by atoms with Crippen LogP contribution in [-0.2, 0) is 23.7 Å². The highest BCUT2D eigenvalue weighted by Crippen LogP contribution is 1.87. The first kappa shape index (κ1) is 17.8. The maximum atomic E-state index is 5.46. The van der Waals surface area contributed by atoms with Crippen LogP contribution in [0.5, 0.6) is 0 Å². The lowest BCUT2D eigenvalue weighted by atomic mass is 10.3. The van der Waals surface area contributed by atoms with Gasteiger partial charge in [0.05, 0.1) is 58.9 Å². The Balaban J connectivity index is 3.10. The van der Waals surface area contributed by atoms with E-state index in [1.807, 2.05) is 7.05 Å². The van der Waals surface area contributed by atoms with Crippen LogP contribution >= 0.6 is 0 Å². The fourth-order valence-corrected chi connectivity index (χ4v) is 1.22. The van der Waals surface area contributed by atoms with Gasteiger partial charge in [0.15, 0.2) is 0 Å². The summed E-state index contributed by atoms with van der Waals surface area (Å²) in [6.07, 6.45) is 0.